The van der Waals surface area contributed by atoms with Gasteiger partial charge in [-0.3, -0.25) is 9.59 Å². The molecule has 1 atom stereocenters. The van der Waals surface area contributed by atoms with Crippen LogP contribution >= 0.6 is 11.5 Å². The number of primary amides is 1. The number of nitrogens with zero attached hydrogens (tertiary/aromatic N) is 1. The number of ether oxygens (including phenoxy) is 4. The molecule has 2 aromatic carbocycles. The average Bonchev–Trinajstić information content (AvgIpc) is 3.32. The van der Waals surface area contributed by atoms with Gasteiger partial charge in [0.1, 0.15) is 5.75 Å². The summed E-state index contributed by atoms with van der Waals surface area (Å²) in [6.07, 6.45) is -0.270. The number of amides is 2. The molecule has 11 heteroatoms. The van der Waals surface area contributed by atoms with E-state index in [-0.39, 0.29) is 6.42 Å². The lowest BCUT2D eigenvalue weighted by Crippen LogP contribution is -2.39. The summed E-state index contributed by atoms with van der Waals surface area (Å²) in [4.78, 5) is 23.6. The lowest BCUT2D eigenvalue weighted by molar-refractivity contribution is -0.123. The van der Waals surface area contributed by atoms with Crippen LogP contribution in [0, 0.1) is 0 Å². The number of hydrogen-bond acceptors (Lipinski definition) is 9. The third-order valence-electron chi connectivity index (χ3n) is 5.03. The number of rotatable bonds is 10. The van der Waals surface area contributed by atoms with Gasteiger partial charge < -0.3 is 35.7 Å². The molecule has 5 N–H and O–H groups in total. The maximum absolute atomic E-state index is 12.5. The van der Waals surface area contributed by atoms with Crippen LogP contribution in [-0.4, -0.2) is 50.7 Å². The van der Waals surface area contributed by atoms with Crippen LogP contribution in [-0.2, 0) is 9.59 Å². The zero-order chi connectivity index (χ0) is 24.8. The van der Waals surface area contributed by atoms with Gasteiger partial charge in [-0.05, 0) is 41.4 Å². The van der Waals surface area contributed by atoms with E-state index in [9.17, 15) is 9.59 Å². The third kappa shape index (κ3) is 5.21. The number of methoxy groups -OCH3 is 4. The standard InChI is InChI=1S/C23H26N4O6S/c1-30-17-6-5-12(7-16(17)26-23(29)15(24)10-20(25)28)14-11-34-27-21(14)13-8-18(31-2)22(33-4)19(9-13)32-3/h5-9,11,15H,10,24H2,1-4H3,(H2,25,28)(H,26,29). The van der Waals surface area contributed by atoms with Crippen molar-refractivity contribution in [1.82, 2.24) is 4.37 Å². The van der Waals surface area contributed by atoms with Gasteiger partial charge in [0.05, 0.1) is 52.3 Å². The molecular formula is C23H26N4O6S. The number of anilines is 1. The first-order valence-corrected chi connectivity index (χ1v) is 10.9. The van der Waals surface area contributed by atoms with Gasteiger partial charge in [-0.2, -0.15) is 4.37 Å². The Bertz CT molecular complexity index is 1170. The quantitative estimate of drug-likeness (QED) is 0.396. The van der Waals surface area contributed by atoms with Crippen molar-refractivity contribution < 1.29 is 28.5 Å². The van der Waals surface area contributed by atoms with Crippen LogP contribution in [0.2, 0.25) is 0 Å². The molecule has 0 saturated carbocycles. The number of carbonyl (C=O) groups is 2. The second-order valence-electron chi connectivity index (χ2n) is 7.17. The minimum Gasteiger partial charge on any atom is -0.495 e. The summed E-state index contributed by atoms with van der Waals surface area (Å²) in [6, 6.07) is 7.87. The van der Waals surface area contributed by atoms with Gasteiger partial charge in [0.25, 0.3) is 0 Å². The number of carbonyl (C=O) groups excluding carboxylic acids is 2. The van der Waals surface area contributed by atoms with Crippen LogP contribution in [0.25, 0.3) is 22.4 Å². The van der Waals surface area contributed by atoms with E-state index in [0.717, 1.165) is 16.7 Å². The van der Waals surface area contributed by atoms with Crippen LogP contribution < -0.4 is 35.7 Å². The minimum absolute atomic E-state index is 0.270. The Hall–Kier alpha value is -3.83. The molecule has 0 spiro atoms. The summed E-state index contributed by atoms with van der Waals surface area (Å²) < 4.78 is 26.3. The van der Waals surface area contributed by atoms with Crippen LogP contribution in [0.3, 0.4) is 0 Å². The largest absolute Gasteiger partial charge is 0.495 e. The molecule has 1 heterocycles. The smallest absolute Gasteiger partial charge is 0.241 e. The van der Waals surface area contributed by atoms with Gasteiger partial charge in [-0.25, -0.2) is 0 Å². The van der Waals surface area contributed by atoms with Gasteiger partial charge in [0.2, 0.25) is 17.6 Å². The lowest BCUT2D eigenvalue weighted by Gasteiger charge is -2.16. The fourth-order valence-corrected chi connectivity index (χ4v) is 4.09. The van der Waals surface area contributed by atoms with E-state index >= 15 is 0 Å². The number of hydrogen-bond donors (Lipinski definition) is 3. The number of benzene rings is 2. The van der Waals surface area contributed by atoms with Crippen LogP contribution in [0.5, 0.6) is 23.0 Å². The molecule has 0 aliphatic rings. The topological polar surface area (TPSA) is 148 Å². The SMILES string of the molecule is COc1ccc(-c2csnc2-c2cc(OC)c(OC)c(OC)c2)cc1NC(=O)C(N)CC(N)=O. The molecule has 3 rings (SSSR count). The van der Waals surface area contributed by atoms with Crippen molar-refractivity contribution >= 4 is 29.0 Å². The van der Waals surface area contributed by atoms with E-state index < -0.39 is 17.9 Å². The van der Waals surface area contributed by atoms with Crippen molar-refractivity contribution in [1.29, 1.82) is 0 Å². The van der Waals surface area contributed by atoms with E-state index in [1.165, 1.54) is 25.8 Å². The van der Waals surface area contributed by atoms with Crippen molar-refractivity contribution in [3.63, 3.8) is 0 Å². The lowest BCUT2D eigenvalue weighted by atomic mass is 10.0. The van der Waals surface area contributed by atoms with Crippen molar-refractivity contribution in [2.75, 3.05) is 33.8 Å². The Morgan fingerprint density at radius 2 is 1.62 bits per heavy atom. The molecule has 0 bridgehead atoms. The highest BCUT2D eigenvalue weighted by Crippen LogP contribution is 2.44. The Kier molecular flexibility index (Phi) is 7.92. The highest BCUT2D eigenvalue weighted by atomic mass is 32.1. The first-order chi connectivity index (χ1) is 16.3. The van der Waals surface area contributed by atoms with E-state index in [2.05, 4.69) is 9.69 Å². The molecule has 0 saturated heterocycles. The molecule has 1 unspecified atom stereocenters. The molecular weight excluding hydrogens is 460 g/mol. The number of nitrogens with one attached hydrogen (secondary N) is 1. The van der Waals surface area contributed by atoms with E-state index in [0.29, 0.717) is 34.4 Å². The van der Waals surface area contributed by atoms with Gasteiger partial charge in [-0.1, -0.05) is 6.07 Å². The predicted octanol–water partition coefficient (Wildman–Crippen LogP) is 2.65. The normalized spacial score (nSPS) is 11.4. The van der Waals surface area contributed by atoms with Crippen molar-refractivity contribution in [2.24, 2.45) is 11.5 Å². The molecule has 180 valence electrons. The van der Waals surface area contributed by atoms with Crippen molar-refractivity contribution in [3.05, 3.63) is 35.7 Å². The Morgan fingerprint density at radius 1 is 0.971 bits per heavy atom. The van der Waals surface area contributed by atoms with E-state index in [4.69, 9.17) is 30.4 Å². The third-order valence-corrected chi connectivity index (χ3v) is 5.66. The second kappa shape index (κ2) is 10.9. The number of aromatic nitrogens is 1. The van der Waals surface area contributed by atoms with Crippen LogP contribution in [0.1, 0.15) is 6.42 Å². The molecule has 0 fully saturated rings. The molecule has 0 aliphatic heterocycles. The molecule has 10 nitrogen and oxygen atoms in total. The zero-order valence-electron chi connectivity index (χ0n) is 19.2. The summed E-state index contributed by atoms with van der Waals surface area (Å²) in [6.45, 7) is 0. The van der Waals surface area contributed by atoms with Crippen molar-refractivity contribution in [3.8, 4) is 45.4 Å². The predicted molar refractivity (Wildman–Crippen MR) is 130 cm³/mol. The summed E-state index contributed by atoms with van der Waals surface area (Å²) in [5.74, 6) is 0.697. The Labute approximate surface area is 200 Å². The second-order valence-corrected chi connectivity index (χ2v) is 7.80. The number of nitrogens with two attached hydrogens (primary N) is 2. The summed E-state index contributed by atoms with van der Waals surface area (Å²) in [7, 11) is 6.12. The van der Waals surface area contributed by atoms with E-state index in [1.807, 2.05) is 23.6 Å². The van der Waals surface area contributed by atoms with Crippen LogP contribution in [0.15, 0.2) is 35.7 Å². The zero-order valence-corrected chi connectivity index (χ0v) is 20.0. The highest BCUT2D eigenvalue weighted by molar-refractivity contribution is 7.04. The summed E-state index contributed by atoms with van der Waals surface area (Å²) in [5.41, 5.74) is 14.4. The average molecular weight is 487 g/mol. The van der Waals surface area contributed by atoms with Crippen molar-refractivity contribution in [2.45, 2.75) is 12.5 Å². The highest BCUT2D eigenvalue weighted by Gasteiger charge is 2.21. The molecule has 3 aromatic rings. The van der Waals surface area contributed by atoms with Crippen LogP contribution in [0.4, 0.5) is 5.69 Å². The van der Waals surface area contributed by atoms with Gasteiger partial charge in [-0.15, -0.1) is 0 Å². The van der Waals surface area contributed by atoms with E-state index in [1.54, 1.807) is 26.4 Å². The van der Waals surface area contributed by atoms with Gasteiger partial charge in [0, 0.05) is 16.5 Å². The monoisotopic (exact) mass is 486 g/mol. The fraction of sp³-hybridized carbons (Fsp3) is 0.261. The molecule has 1 aromatic heterocycles. The first-order valence-electron chi connectivity index (χ1n) is 10.1. The fourth-order valence-electron chi connectivity index (χ4n) is 3.38. The maximum Gasteiger partial charge on any atom is 0.241 e. The molecule has 0 aliphatic carbocycles. The summed E-state index contributed by atoms with van der Waals surface area (Å²) in [5, 5.41) is 4.60. The maximum atomic E-state index is 12.5. The van der Waals surface area contributed by atoms with Gasteiger partial charge in [0.15, 0.2) is 11.5 Å². The summed E-state index contributed by atoms with van der Waals surface area (Å²) >= 11 is 1.28. The Morgan fingerprint density at radius 3 is 2.18 bits per heavy atom. The molecule has 34 heavy (non-hydrogen) atoms. The molecule has 2 amide bonds. The minimum atomic E-state index is -1.08. The first kappa shape index (κ1) is 24.8. The molecule has 0 radical (unpaired) electrons. The van der Waals surface area contributed by atoms with Gasteiger partial charge >= 0.3 is 0 Å². The Balaban J connectivity index is 2.02.